The normalized spacial score (nSPS) is 11.5. The van der Waals surface area contributed by atoms with Gasteiger partial charge in [0.25, 0.3) is 0 Å². The number of aryl methyl sites for hydroxylation is 1. The highest BCUT2D eigenvalue weighted by atomic mass is 14.1. The Morgan fingerprint density at radius 1 is 1.13 bits per heavy atom. The maximum absolute atomic E-state index is 2.32. The van der Waals surface area contributed by atoms with E-state index in [-0.39, 0.29) is 0 Å². The summed E-state index contributed by atoms with van der Waals surface area (Å²) >= 11 is 0. The minimum absolute atomic E-state index is 0.768. The third-order valence-electron chi connectivity index (χ3n) is 2.64. The van der Waals surface area contributed by atoms with Gasteiger partial charge >= 0.3 is 0 Å². The van der Waals surface area contributed by atoms with Crippen molar-refractivity contribution in [1.82, 2.24) is 0 Å². The number of hydrogen-bond acceptors (Lipinski definition) is 0. The predicted octanol–water partition coefficient (Wildman–Crippen LogP) is 5.31. The van der Waals surface area contributed by atoms with Crippen molar-refractivity contribution in [3.63, 3.8) is 0 Å². The molecule has 0 saturated carbocycles. The fourth-order valence-electron chi connectivity index (χ4n) is 1.88. The quantitative estimate of drug-likeness (QED) is 0.626. The van der Waals surface area contributed by atoms with Crippen molar-refractivity contribution < 1.29 is 0 Å². The van der Waals surface area contributed by atoms with Gasteiger partial charge in [-0.1, -0.05) is 63.9 Å². The SMILES string of the molecule is CC.CCCC(CC)c1cccc(C)c1. The lowest BCUT2D eigenvalue weighted by atomic mass is 9.91. The molecule has 0 heteroatoms. The van der Waals surface area contributed by atoms with Gasteiger partial charge < -0.3 is 0 Å². The van der Waals surface area contributed by atoms with Gasteiger partial charge in [-0.05, 0) is 31.2 Å². The van der Waals surface area contributed by atoms with Gasteiger partial charge in [-0.2, -0.15) is 0 Å². The second-order valence-corrected chi connectivity index (χ2v) is 3.81. The second kappa shape index (κ2) is 8.52. The van der Waals surface area contributed by atoms with E-state index < -0.39 is 0 Å². The first-order chi connectivity index (χ1) is 7.27. The van der Waals surface area contributed by atoms with E-state index >= 15 is 0 Å². The maximum atomic E-state index is 2.32. The van der Waals surface area contributed by atoms with Crippen molar-refractivity contribution in [2.24, 2.45) is 0 Å². The molecule has 1 unspecified atom stereocenters. The Morgan fingerprint density at radius 2 is 1.80 bits per heavy atom. The molecule has 0 fully saturated rings. The zero-order valence-corrected chi connectivity index (χ0v) is 11.0. The highest BCUT2D eigenvalue weighted by Crippen LogP contribution is 2.24. The molecule has 86 valence electrons. The van der Waals surface area contributed by atoms with Gasteiger partial charge in [-0.3, -0.25) is 0 Å². The van der Waals surface area contributed by atoms with Gasteiger partial charge in [-0.15, -0.1) is 0 Å². The Hall–Kier alpha value is -0.780. The molecule has 1 rings (SSSR count). The van der Waals surface area contributed by atoms with Crippen molar-refractivity contribution in [3.8, 4) is 0 Å². The van der Waals surface area contributed by atoms with Crippen LogP contribution in [0.4, 0.5) is 0 Å². The Morgan fingerprint density at radius 3 is 2.27 bits per heavy atom. The Labute approximate surface area is 95.7 Å². The number of rotatable bonds is 4. The summed E-state index contributed by atoms with van der Waals surface area (Å²) in [4.78, 5) is 0. The van der Waals surface area contributed by atoms with Crippen LogP contribution in [0.25, 0.3) is 0 Å². The molecule has 0 bridgehead atoms. The minimum atomic E-state index is 0.768. The number of benzene rings is 1. The highest BCUT2D eigenvalue weighted by molar-refractivity contribution is 5.25. The van der Waals surface area contributed by atoms with E-state index in [0.29, 0.717) is 0 Å². The summed E-state index contributed by atoms with van der Waals surface area (Å²) in [5.74, 6) is 0.768. The molecule has 1 atom stereocenters. The van der Waals surface area contributed by atoms with Crippen molar-refractivity contribution in [3.05, 3.63) is 35.4 Å². The van der Waals surface area contributed by atoms with Crippen LogP contribution < -0.4 is 0 Å². The smallest absolute Gasteiger partial charge is 0.0165 e. The van der Waals surface area contributed by atoms with E-state index in [9.17, 15) is 0 Å². The van der Waals surface area contributed by atoms with Crippen LogP contribution in [0.2, 0.25) is 0 Å². The highest BCUT2D eigenvalue weighted by Gasteiger charge is 2.07. The van der Waals surface area contributed by atoms with Gasteiger partial charge in [0.2, 0.25) is 0 Å². The second-order valence-electron chi connectivity index (χ2n) is 3.81. The molecule has 0 saturated heterocycles. The topological polar surface area (TPSA) is 0 Å². The summed E-state index contributed by atoms with van der Waals surface area (Å²) in [6.07, 6.45) is 3.86. The summed E-state index contributed by atoms with van der Waals surface area (Å²) in [5, 5.41) is 0. The largest absolute Gasteiger partial charge is 0.0683 e. The molecule has 0 aliphatic rings. The standard InChI is InChI=1S/C13H20.C2H6/c1-4-7-12(5-2)13-9-6-8-11(3)10-13;1-2/h6,8-10,12H,4-5,7H2,1-3H3;1-2H3. The lowest BCUT2D eigenvalue weighted by Gasteiger charge is -2.14. The van der Waals surface area contributed by atoms with Gasteiger partial charge in [0, 0.05) is 0 Å². The van der Waals surface area contributed by atoms with Crippen LogP contribution in [0.3, 0.4) is 0 Å². The summed E-state index contributed by atoms with van der Waals surface area (Å²) in [5.41, 5.74) is 2.90. The Bertz CT molecular complexity index is 250. The molecule has 0 amide bonds. The zero-order valence-electron chi connectivity index (χ0n) is 11.0. The molecule has 1 aromatic rings. The van der Waals surface area contributed by atoms with E-state index in [2.05, 4.69) is 45.0 Å². The zero-order chi connectivity index (χ0) is 11.7. The molecule has 0 heterocycles. The van der Waals surface area contributed by atoms with E-state index in [1.54, 1.807) is 0 Å². The van der Waals surface area contributed by atoms with Crippen LogP contribution in [0.5, 0.6) is 0 Å². The summed E-state index contributed by atoms with van der Waals surface area (Å²) < 4.78 is 0. The monoisotopic (exact) mass is 206 g/mol. The van der Waals surface area contributed by atoms with Crippen LogP contribution in [0.15, 0.2) is 24.3 Å². The third kappa shape index (κ3) is 5.01. The van der Waals surface area contributed by atoms with E-state index in [4.69, 9.17) is 0 Å². The molecular formula is C15H26. The van der Waals surface area contributed by atoms with Crippen LogP contribution in [-0.4, -0.2) is 0 Å². The molecule has 1 aromatic carbocycles. The van der Waals surface area contributed by atoms with Crippen molar-refractivity contribution in [2.75, 3.05) is 0 Å². The van der Waals surface area contributed by atoms with Gasteiger partial charge in [0.15, 0.2) is 0 Å². The molecule has 0 aliphatic heterocycles. The van der Waals surface area contributed by atoms with Crippen LogP contribution in [0.1, 0.15) is 64.0 Å². The van der Waals surface area contributed by atoms with Crippen LogP contribution in [-0.2, 0) is 0 Å². The first-order valence-corrected chi connectivity index (χ1v) is 6.34. The van der Waals surface area contributed by atoms with Crippen molar-refractivity contribution in [1.29, 1.82) is 0 Å². The van der Waals surface area contributed by atoms with Gasteiger partial charge in [-0.25, -0.2) is 0 Å². The minimum Gasteiger partial charge on any atom is -0.0683 e. The molecule has 0 radical (unpaired) electrons. The van der Waals surface area contributed by atoms with Gasteiger partial charge in [0.1, 0.15) is 0 Å². The Kier molecular flexibility index (Phi) is 8.08. The third-order valence-corrected chi connectivity index (χ3v) is 2.64. The molecule has 15 heavy (non-hydrogen) atoms. The fraction of sp³-hybridized carbons (Fsp3) is 0.600. The fourth-order valence-corrected chi connectivity index (χ4v) is 1.88. The maximum Gasteiger partial charge on any atom is -0.0165 e. The lowest BCUT2D eigenvalue weighted by molar-refractivity contribution is 0.595. The summed E-state index contributed by atoms with van der Waals surface area (Å²) in [6, 6.07) is 8.92. The Balaban J connectivity index is 0.000000921. The first kappa shape index (κ1) is 14.2. The summed E-state index contributed by atoms with van der Waals surface area (Å²) in [7, 11) is 0. The molecule has 0 aromatic heterocycles. The van der Waals surface area contributed by atoms with E-state index in [1.165, 1.54) is 30.4 Å². The van der Waals surface area contributed by atoms with Crippen molar-refractivity contribution >= 4 is 0 Å². The lowest BCUT2D eigenvalue weighted by Crippen LogP contribution is -1.96. The molecule has 0 aliphatic carbocycles. The predicted molar refractivity (Wildman–Crippen MR) is 70.5 cm³/mol. The van der Waals surface area contributed by atoms with E-state index in [1.807, 2.05) is 13.8 Å². The van der Waals surface area contributed by atoms with Crippen LogP contribution in [0, 0.1) is 6.92 Å². The molecular weight excluding hydrogens is 180 g/mol. The summed E-state index contributed by atoms with van der Waals surface area (Å²) in [6.45, 7) is 10.7. The molecule has 0 nitrogen and oxygen atoms in total. The average Bonchev–Trinajstić information content (AvgIpc) is 2.28. The van der Waals surface area contributed by atoms with E-state index in [0.717, 1.165) is 5.92 Å². The number of hydrogen-bond donors (Lipinski definition) is 0. The molecule has 0 spiro atoms. The van der Waals surface area contributed by atoms with Crippen molar-refractivity contribution in [2.45, 2.75) is 59.8 Å². The molecule has 0 N–H and O–H groups in total. The van der Waals surface area contributed by atoms with Gasteiger partial charge in [0.05, 0.1) is 0 Å². The average molecular weight is 206 g/mol. The first-order valence-electron chi connectivity index (χ1n) is 6.34. The van der Waals surface area contributed by atoms with Crippen LogP contribution >= 0.6 is 0 Å².